The second-order valence-corrected chi connectivity index (χ2v) is 6.34. The SMILES string of the molecule is CCOc1ccc(-c2nc(-c3cc4ccccc4o3)cs2)cc1OC. The summed E-state index contributed by atoms with van der Waals surface area (Å²) < 4.78 is 16.9. The lowest BCUT2D eigenvalue weighted by molar-refractivity contribution is 0.311. The minimum absolute atomic E-state index is 0.600. The molecule has 0 spiro atoms. The van der Waals surface area contributed by atoms with E-state index in [0.29, 0.717) is 12.4 Å². The Bertz CT molecular complexity index is 986. The van der Waals surface area contributed by atoms with Crippen LogP contribution in [0.3, 0.4) is 0 Å². The lowest BCUT2D eigenvalue weighted by Crippen LogP contribution is -1.95. The Labute approximate surface area is 149 Å². The Balaban J connectivity index is 1.69. The van der Waals surface area contributed by atoms with Crippen molar-refractivity contribution in [1.82, 2.24) is 4.98 Å². The van der Waals surface area contributed by atoms with Crippen molar-refractivity contribution in [1.29, 1.82) is 0 Å². The second-order valence-electron chi connectivity index (χ2n) is 5.49. The number of ether oxygens (including phenoxy) is 2. The van der Waals surface area contributed by atoms with Gasteiger partial charge in [0, 0.05) is 16.3 Å². The normalized spacial score (nSPS) is 11.0. The molecule has 0 aliphatic rings. The van der Waals surface area contributed by atoms with Crippen molar-refractivity contribution in [2.24, 2.45) is 0 Å². The van der Waals surface area contributed by atoms with Crippen molar-refractivity contribution < 1.29 is 13.9 Å². The number of nitrogens with zero attached hydrogens (tertiary/aromatic N) is 1. The van der Waals surface area contributed by atoms with Crippen LogP contribution in [0.25, 0.3) is 33.0 Å². The largest absolute Gasteiger partial charge is 0.493 e. The van der Waals surface area contributed by atoms with E-state index in [4.69, 9.17) is 18.9 Å². The summed E-state index contributed by atoms with van der Waals surface area (Å²) in [4.78, 5) is 4.73. The lowest BCUT2D eigenvalue weighted by Gasteiger charge is -2.09. The van der Waals surface area contributed by atoms with E-state index >= 15 is 0 Å². The summed E-state index contributed by atoms with van der Waals surface area (Å²) >= 11 is 1.58. The number of furan rings is 1. The molecule has 0 aliphatic heterocycles. The zero-order valence-electron chi connectivity index (χ0n) is 14.0. The number of hydrogen-bond acceptors (Lipinski definition) is 5. The third kappa shape index (κ3) is 2.98. The van der Waals surface area contributed by atoms with Crippen molar-refractivity contribution in [2.45, 2.75) is 6.92 Å². The maximum absolute atomic E-state index is 5.90. The van der Waals surface area contributed by atoms with Gasteiger partial charge in [0.05, 0.1) is 13.7 Å². The van der Waals surface area contributed by atoms with Crippen LogP contribution in [-0.2, 0) is 0 Å². The minimum atomic E-state index is 0.600. The van der Waals surface area contributed by atoms with Crippen LogP contribution < -0.4 is 9.47 Å². The first-order valence-corrected chi connectivity index (χ1v) is 8.92. The Morgan fingerprint density at radius 3 is 2.76 bits per heavy atom. The molecule has 126 valence electrons. The molecule has 0 N–H and O–H groups in total. The van der Waals surface area contributed by atoms with Crippen LogP contribution in [-0.4, -0.2) is 18.7 Å². The fourth-order valence-electron chi connectivity index (χ4n) is 2.70. The average molecular weight is 351 g/mol. The van der Waals surface area contributed by atoms with Gasteiger partial charge in [-0.1, -0.05) is 18.2 Å². The first-order valence-electron chi connectivity index (χ1n) is 8.04. The highest BCUT2D eigenvalue weighted by molar-refractivity contribution is 7.13. The highest BCUT2D eigenvalue weighted by Gasteiger charge is 2.13. The van der Waals surface area contributed by atoms with Gasteiger partial charge in [0.2, 0.25) is 0 Å². The molecular formula is C20H17NO3S. The molecule has 0 saturated carbocycles. The van der Waals surface area contributed by atoms with Gasteiger partial charge in [0.25, 0.3) is 0 Å². The second kappa shape index (κ2) is 6.61. The average Bonchev–Trinajstić information content (AvgIpc) is 3.29. The predicted molar refractivity (Wildman–Crippen MR) is 100 cm³/mol. The van der Waals surface area contributed by atoms with Gasteiger partial charge >= 0.3 is 0 Å². The van der Waals surface area contributed by atoms with Crippen LogP contribution in [0.4, 0.5) is 0 Å². The quantitative estimate of drug-likeness (QED) is 0.467. The van der Waals surface area contributed by atoms with Crippen LogP contribution in [0.1, 0.15) is 6.92 Å². The molecule has 0 bridgehead atoms. The molecule has 4 aromatic rings. The van der Waals surface area contributed by atoms with Crippen molar-refractivity contribution >= 4 is 22.3 Å². The Morgan fingerprint density at radius 2 is 1.96 bits per heavy atom. The van der Waals surface area contributed by atoms with Crippen LogP contribution in [0, 0.1) is 0 Å². The number of fused-ring (bicyclic) bond motifs is 1. The number of hydrogen-bond donors (Lipinski definition) is 0. The van der Waals surface area contributed by atoms with E-state index in [0.717, 1.165) is 38.7 Å². The number of thiazole rings is 1. The number of aromatic nitrogens is 1. The maximum Gasteiger partial charge on any atom is 0.161 e. The molecule has 4 rings (SSSR count). The summed E-state index contributed by atoms with van der Waals surface area (Å²) in [6, 6.07) is 15.8. The van der Waals surface area contributed by atoms with E-state index in [1.807, 2.05) is 60.8 Å². The fraction of sp³-hybridized carbons (Fsp3) is 0.150. The molecule has 2 aromatic heterocycles. The van der Waals surface area contributed by atoms with Gasteiger partial charge in [-0.05, 0) is 37.3 Å². The Hall–Kier alpha value is -2.79. The highest BCUT2D eigenvalue weighted by atomic mass is 32.1. The molecule has 25 heavy (non-hydrogen) atoms. The van der Waals surface area contributed by atoms with E-state index in [1.165, 1.54) is 0 Å². The molecular weight excluding hydrogens is 334 g/mol. The van der Waals surface area contributed by atoms with E-state index in [-0.39, 0.29) is 0 Å². The van der Waals surface area contributed by atoms with Gasteiger partial charge in [-0.25, -0.2) is 4.98 Å². The summed E-state index contributed by atoms with van der Waals surface area (Å²) in [7, 11) is 1.64. The summed E-state index contributed by atoms with van der Waals surface area (Å²) in [6.07, 6.45) is 0. The van der Waals surface area contributed by atoms with Gasteiger partial charge in [-0.3, -0.25) is 0 Å². The van der Waals surface area contributed by atoms with E-state index in [1.54, 1.807) is 18.4 Å². The summed E-state index contributed by atoms with van der Waals surface area (Å²) in [5.41, 5.74) is 2.70. The summed E-state index contributed by atoms with van der Waals surface area (Å²) in [5, 5.41) is 4.00. The fourth-order valence-corrected chi connectivity index (χ4v) is 3.51. The van der Waals surface area contributed by atoms with E-state index in [2.05, 4.69) is 0 Å². The van der Waals surface area contributed by atoms with Gasteiger partial charge < -0.3 is 13.9 Å². The van der Waals surface area contributed by atoms with Gasteiger partial charge in [0.15, 0.2) is 17.3 Å². The smallest absolute Gasteiger partial charge is 0.161 e. The van der Waals surface area contributed by atoms with Crippen LogP contribution in [0.5, 0.6) is 11.5 Å². The van der Waals surface area contributed by atoms with E-state index < -0.39 is 0 Å². The zero-order chi connectivity index (χ0) is 17.2. The van der Waals surface area contributed by atoms with E-state index in [9.17, 15) is 0 Å². The topological polar surface area (TPSA) is 44.5 Å². The lowest BCUT2D eigenvalue weighted by atomic mass is 10.2. The van der Waals surface area contributed by atoms with Gasteiger partial charge in [-0.15, -0.1) is 11.3 Å². The van der Waals surface area contributed by atoms with Gasteiger partial charge in [0.1, 0.15) is 16.3 Å². The maximum atomic E-state index is 5.90. The number of para-hydroxylation sites is 1. The third-order valence-corrected chi connectivity index (χ3v) is 4.78. The van der Waals surface area contributed by atoms with Crippen molar-refractivity contribution in [2.75, 3.05) is 13.7 Å². The standard InChI is InChI=1S/C20H17NO3S/c1-3-23-17-9-8-14(11-19(17)22-2)20-21-15(12-25-20)18-10-13-6-4-5-7-16(13)24-18/h4-12H,3H2,1-2H3. The van der Waals surface area contributed by atoms with Crippen LogP contribution in [0.2, 0.25) is 0 Å². The molecule has 0 fully saturated rings. The Morgan fingerprint density at radius 1 is 1.08 bits per heavy atom. The van der Waals surface area contributed by atoms with Crippen LogP contribution >= 0.6 is 11.3 Å². The monoisotopic (exact) mass is 351 g/mol. The van der Waals surface area contributed by atoms with Gasteiger partial charge in [-0.2, -0.15) is 0 Å². The molecule has 0 radical (unpaired) electrons. The molecule has 2 aromatic carbocycles. The van der Waals surface area contributed by atoms with Crippen molar-refractivity contribution in [3.8, 4) is 33.5 Å². The molecule has 0 unspecified atom stereocenters. The summed E-state index contributed by atoms with van der Waals surface area (Å²) in [5.74, 6) is 2.23. The Kier molecular flexibility index (Phi) is 4.15. The van der Waals surface area contributed by atoms with Crippen molar-refractivity contribution in [3.05, 3.63) is 53.9 Å². The first kappa shape index (κ1) is 15.7. The first-order chi connectivity index (χ1) is 12.3. The molecule has 2 heterocycles. The molecule has 0 amide bonds. The molecule has 5 heteroatoms. The number of rotatable bonds is 5. The van der Waals surface area contributed by atoms with Crippen LogP contribution in [0.15, 0.2) is 58.3 Å². The number of benzene rings is 2. The molecule has 0 aliphatic carbocycles. The zero-order valence-corrected chi connectivity index (χ0v) is 14.8. The minimum Gasteiger partial charge on any atom is -0.493 e. The third-order valence-electron chi connectivity index (χ3n) is 3.89. The summed E-state index contributed by atoms with van der Waals surface area (Å²) in [6.45, 7) is 2.55. The predicted octanol–water partition coefficient (Wildman–Crippen LogP) is 5.63. The molecule has 0 atom stereocenters. The molecule has 0 saturated heterocycles. The molecule has 4 nitrogen and oxygen atoms in total. The highest BCUT2D eigenvalue weighted by Crippen LogP contribution is 2.36. The number of methoxy groups -OCH3 is 1. The van der Waals surface area contributed by atoms with Crippen molar-refractivity contribution in [3.63, 3.8) is 0 Å².